The first-order valence-corrected chi connectivity index (χ1v) is 7.46. The first kappa shape index (κ1) is 14.5. The van der Waals surface area contributed by atoms with E-state index in [1.807, 2.05) is 24.3 Å². The normalized spacial score (nSPS) is 20.2. The maximum Gasteiger partial charge on any atom is 0.273 e. The fourth-order valence-electron chi connectivity index (χ4n) is 2.15. The molecule has 1 aromatic carbocycles. The summed E-state index contributed by atoms with van der Waals surface area (Å²) in [6.07, 6.45) is 0.345. The van der Waals surface area contributed by atoms with Crippen LogP contribution >= 0.6 is 11.3 Å². The van der Waals surface area contributed by atoms with E-state index in [4.69, 9.17) is 9.57 Å². The lowest BCUT2D eigenvalue weighted by molar-refractivity contribution is -0.135. The number of anilines is 1. The average Bonchev–Trinajstić information content (AvgIpc) is 3.17. The molecule has 0 saturated carbocycles. The Balaban J connectivity index is 1.76. The van der Waals surface area contributed by atoms with Crippen LogP contribution in [0.4, 0.5) is 5.13 Å². The summed E-state index contributed by atoms with van der Waals surface area (Å²) >= 11 is 1.24. The minimum Gasteiger partial charge on any atom is -0.496 e. The molecule has 1 amide bonds. The monoisotopic (exact) mass is 318 g/mol. The quantitative estimate of drug-likeness (QED) is 0.932. The maximum atomic E-state index is 12.4. The minimum absolute atomic E-state index is 0.308. The van der Waals surface area contributed by atoms with Crippen molar-refractivity contribution in [1.82, 2.24) is 10.2 Å². The molecule has 3 rings (SSSR count). The van der Waals surface area contributed by atoms with Gasteiger partial charge in [0.15, 0.2) is 0 Å². The van der Waals surface area contributed by atoms with Gasteiger partial charge in [-0.1, -0.05) is 28.6 Å². The number of nitrogens with zero attached hydrogens (tertiary/aromatic N) is 3. The van der Waals surface area contributed by atoms with E-state index < -0.39 is 5.60 Å². The lowest BCUT2D eigenvalue weighted by Gasteiger charge is -2.19. The number of hydrogen-bond acceptors (Lipinski definition) is 7. The highest BCUT2D eigenvalue weighted by Gasteiger charge is 2.43. The molecule has 1 N–H and O–H groups in total. The van der Waals surface area contributed by atoms with Gasteiger partial charge in [-0.05, 0) is 19.1 Å². The van der Waals surface area contributed by atoms with Gasteiger partial charge in [0.25, 0.3) is 5.91 Å². The van der Waals surface area contributed by atoms with Gasteiger partial charge in [0.1, 0.15) is 11.3 Å². The highest BCUT2D eigenvalue weighted by atomic mass is 32.1. The molecule has 22 heavy (non-hydrogen) atoms. The van der Waals surface area contributed by atoms with Crippen molar-refractivity contribution in [2.45, 2.75) is 18.9 Å². The highest BCUT2D eigenvalue weighted by Crippen LogP contribution is 2.31. The van der Waals surface area contributed by atoms with Gasteiger partial charge < -0.3 is 9.57 Å². The molecular weight excluding hydrogens is 304 g/mol. The highest BCUT2D eigenvalue weighted by molar-refractivity contribution is 7.13. The zero-order valence-corrected chi connectivity index (χ0v) is 12.9. The minimum atomic E-state index is -1.08. The number of nitrogens with one attached hydrogen (secondary N) is 1. The number of carbonyl (C=O) groups excluding carboxylic acids is 1. The molecule has 114 valence electrons. The largest absolute Gasteiger partial charge is 0.496 e. The Kier molecular flexibility index (Phi) is 3.76. The number of oxime groups is 1. The summed E-state index contributed by atoms with van der Waals surface area (Å²) < 4.78 is 5.32. The Morgan fingerprint density at radius 2 is 2.27 bits per heavy atom. The molecule has 0 aliphatic carbocycles. The number of methoxy groups -OCH3 is 1. The van der Waals surface area contributed by atoms with Crippen LogP contribution in [0.5, 0.6) is 5.75 Å². The van der Waals surface area contributed by atoms with Crippen molar-refractivity contribution in [2.75, 3.05) is 12.4 Å². The fraction of sp³-hybridized carbons (Fsp3) is 0.286. The van der Waals surface area contributed by atoms with Crippen LogP contribution in [0.15, 0.2) is 34.9 Å². The molecule has 8 heteroatoms. The smallest absolute Gasteiger partial charge is 0.273 e. The van der Waals surface area contributed by atoms with E-state index in [1.165, 1.54) is 11.3 Å². The first-order chi connectivity index (χ1) is 10.6. The van der Waals surface area contributed by atoms with Crippen LogP contribution in [0.1, 0.15) is 18.9 Å². The standard InChI is InChI=1S/C14H14N4O3S/c1-14(12(19)16-13-17-15-8-22-13)7-10(18-21-14)9-5-3-4-6-11(9)20-2/h3-6,8H,7H2,1-2H3,(H,16,17,19). The van der Waals surface area contributed by atoms with Gasteiger partial charge in [-0.15, -0.1) is 10.2 Å². The summed E-state index contributed by atoms with van der Waals surface area (Å²) in [5.41, 5.74) is 1.95. The van der Waals surface area contributed by atoms with Gasteiger partial charge in [0, 0.05) is 12.0 Å². The van der Waals surface area contributed by atoms with Crippen molar-refractivity contribution >= 4 is 28.1 Å². The number of aromatic nitrogens is 2. The van der Waals surface area contributed by atoms with Crippen LogP contribution in [0.3, 0.4) is 0 Å². The van der Waals surface area contributed by atoms with Crippen molar-refractivity contribution in [3.63, 3.8) is 0 Å². The molecule has 0 spiro atoms. The summed E-state index contributed by atoms with van der Waals surface area (Å²) in [4.78, 5) is 17.8. The number of rotatable bonds is 4. The Labute approximate surface area is 131 Å². The molecule has 0 bridgehead atoms. The lowest BCUT2D eigenvalue weighted by Crippen LogP contribution is -2.40. The molecule has 1 aromatic heterocycles. The Bertz CT molecular complexity index is 717. The average molecular weight is 318 g/mol. The Morgan fingerprint density at radius 1 is 1.45 bits per heavy atom. The van der Waals surface area contributed by atoms with E-state index in [-0.39, 0.29) is 5.91 Å². The number of ether oxygens (including phenoxy) is 1. The molecule has 1 unspecified atom stereocenters. The summed E-state index contributed by atoms with van der Waals surface area (Å²) in [6, 6.07) is 7.49. The summed E-state index contributed by atoms with van der Waals surface area (Å²) in [5, 5.41) is 14.6. The number of amides is 1. The lowest BCUT2D eigenvalue weighted by atomic mass is 9.95. The Hall–Kier alpha value is -2.48. The van der Waals surface area contributed by atoms with Gasteiger partial charge >= 0.3 is 0 Å². The van der Waals surface area contributed by atoms with E-state index in [2.05, 4.69) is 20.7 Å². The third kappa shape index (κ3) is 2.64. The summed E-state index contributed by atoms with van der Waals surface area (Å²) in [5.74, 6) is 0.386. The van der Waals surface area contributed by atoms with Gasteiger partial charge in [-0.2, -0.15) is 0 Å². The number of benzene rings is 1. The molecular formula is C14H14N4O3S. The SMILES string of the molecule is COc1ccccc1C1=NOC(C)(C(=O)Nc2nncs2)C1. The van der Waals surface area contributed by atoms with Crippen molar-refractivity contribution in [3.05, 3.63) is 35.3 Å². The van der Waals surface area contributed by atoms with Crippen LogP contribution in [0.25, 0.3) is 0 Å². The van der Waals surface area contributed by atoms with Crippen LogP contribution in [0.2, 0.25) is 0 Å². The number of para-hydroxylation sites is 1. The van der Waals surface area contributed by atoms with Crippen molar-refractivity contribution < 1.29 is 14.4 Å². The zero-order valence-electron chi connectivity index (χ0n) is 12.1. The molecule has 1 aliphatic rings. The maximum absolute atomic E-state index is 12.4. The van der Waals surface area contributed by atoms with E-state index in [0.717, 1.165) is 5.56 Å². The number of hydrogen-bond donors (Lipinski definition) is 1. The van der Waals surface area contributed by atoms with Gasteiger partial charge in [0.2, 0.25) is 10.7 Å². The fourth-order valence-corrected chi connectivity index (χ4v) is 2.59. The van der Waals surface area contributed by atoms with Crippen molar-refractivity contribution in [2.24, 2.45) is 5.16 Å². The third-order valence-corrected chi connectivity index (χ3v) is 3.95. The molecule has 1 atom stereocenters. The molecule has 1 aliphatic heterocycles. The van der Waals surface area contributed by atoms with E-state index >= 15 is 0 Å². The second-order valence-corrected chi connectivity index (χ2v) is 5.77. The van der Waals surface area contributed by atoms with Gasteiger partial charge in [-0.25, -0.2) is 0 Å². The van der Waals surface area contributed by atoms with Crippen LogP contribution < -0.4 is 10.1 Å². The summed E-state index contributed by atoms with van der Waals surface area (Å²) in [6.45, 7) is 1.69. The van der Waals surface area contributed by atoms with E-state index in [9.17, 15) is 4.79 Å². The molecule has 0 saturated heterocycles. The topological polar surface area (TPSA) is 85.7 Å². The molecule has 0 radical (unpaired) electrons. The Morgan fingerprint density at radius 3 is 3.00 bits per heavy atom. The first-order valence-electron chi connectivity index (χ1n) is 6.58. The predicted molar refractivity (Wildman–Crippen MR) is 82.2 cm³/mol. The van der Waals surface area contributed by atoms with Gasteiger partial charge in [0.05, 0.1) is 12.8 Å². The third-order valence-electron chi connectivity index (χ3n) is 3.34. The summed E-state index contributed by atoms with van der Waals surface area (Å²) in [7, 11) is 1.59. The molecule has 0 fully saturated rings. The second kappa shape index (κ2) is 5.72. The predicted octanol–water partition coefficient (Wildman–Crippen LogP) is 2.07. The van der Waals surface area contributed by atoms with Gasteiger partial charge in [-0.3, -0.25) is 10.1 Å². The van der Waals surface area contributed by atoms with Crippen LogP contribution in [0, 0.1) is 0 Å². The van der Waals surface area contributed by atoms with E-state index in [0.29, 0.717) is 23.0 Å². The molecule has 7 nitrogen and oxygen atoms in total. The second-order valence-electron chi connectivity index (χ2n) is 4.94. The number of carbonyl (C=O) groups is 1. The molecule has 2 aromatic rings. The van der Waals surface area contributed by atoms with Crippen molar-refractivity contribution in [3.8, 4) is 5.75 Å². The van der Waals surface area contributed by atoms with Crippen molar-refractivity contribution in [1.29, 1.82) is 0 Å². The molecule has 2 heterocycles. The zero-order chi connectivity index (χ0) is 15.6. The van der Waals surface area contributed by atoms with Crippen LogP contribution in [-0.4, -0.2) is 34.5 Å². The van der Waals surface area contributed by atoms with Crippen LogP contribution in [-0.2, 0) is 9.63 Å². The van der Waals surface area contributed by atoms with E-state index in [1.54, 1.807) is 19.5 Å².